The second-order valence-corrected chi connectivity index (χ2v) is 7.21. The van der Waals surface area contributed by atoms with Gasteiger partial charge < -0.3 is 10.1 Å². The van der Waals surface area contributed by atoms with Crippen LogP contribution in [0.2, 0.25) is 0 Å². The maximum absolute atomic E-state index is 12.2. The molecule has 23 heavy (non-hydrogen) atoms. The molecule has 2 aliphatic heterocycles. The maximum Gasteiger partial charge on any atom is 0.249 e. The third-order valence-corrected chi connectivity index (χ3v) is 5.48. The van der Waals surface area contributed by atoms with Crippen LogP contribution in [0, 0.1) is 5.92 Å². The lowest BCUT2D eigenvalue weighted by Crippen LogP contribution is -2.37. The average Bonchev–Trinajstić information content (AvgIpc) is 3.19. The molecular formula is C19H26N2O2. The Morgan fingerprint density at radius 3 is 2.83 bits per heavy atom. The zero-order valence-corrected chi connectivity index (χ0v) is 13.6. The molecule has 1 saturated carbocycles. The molecule has 4 rings (SSSR count). The molecule has 4 nitrogen and oxygen atoms in total. The van der Waals surface area contributed by atoms with Crippen LogP contribution < -0.4 is 5.32 Å². The molecule has 0 unspecified atom stereocenters. The Hall–Kier alpha value is -1.39. The molecule has 0 spiro atoms. The van der Waals surface area contributed by atoms with Crippen molar-refractivity contribution < 1.29 is 9.53 Å². The molecule has 1 aromatic rings. The van der Waals surface area contributed by atoms with Crippen molar-refractivity contribution in [2.24, 2.45) is 5.92 Å². The normalized spacial score (nSPS) is 30.3. The Balaban J connectivity index is 1.27. The van der Waals surface area contributed by atoms with Gasteiger partial charge in [0.25, 0.3) is 0 Å². The van der Waals surface area contributed by atoms with Crippen molar-refractivity contribution in [2.45, 2.75) is 50.4 Å². The molecule has 1 N–H and O–H groups in total. The van der Waals surface area contributed by atoms with Gasteiger partial charge in [0, 0.05) is 32.1 Å². The van der Waals surface area contributed by atoms with Gasteiger partial charge in [-0.1, -0.05) is 30.3 Å². The number of carbonyl (C=O) groups excluding carboxylic acids is 1. The molecule has 2 saturated heterocycles. The molecule has 3 fully saturated rings. The Morgan fingerprint density at radius 1 is 1.22 bits per heavy atom. The highest BCUT2D eigenvalue weighted by Gasteiger charge is 2.45. The highest BCUT2D eigenvalue weighted by Crippen LogP contribution is 2.33. The molecule has 3 aliphatic rings. The minimum absolute atomic E-state index is 0.106. The van der Waals surface area contributed by atoms with Crippen molar-refractivity contribution in [1.82, 2.24) is 10.2 Å². The summed E-state index contributed by atoms with van der Waals surface area (Å²) in [5.74, 6) is 0.830. The molecule has 3 atom stereocenters. The number of amides is 1. The Morgan fingerprint density at radius 2 is 2.04 bits per heavy atom. The van der Waals surface area contributed by atoms with Crippen LogP contribution in [-0.4, -0.2) is 48.7 Å². The summed E-state index contributed by atoms with van der Waals surface area (Å²) in [7, 11) is 0. The Labute approximate surface area is 138 Å². The fourth-order valence-electron chi connectivity index (χ4n) is 3.88. The summed E-state index contributed by atoms with van der Waals surface area (Å²) in [5, 5.41) is 3.07. The van der Waals surface area contributed by atoms with Gasteiger partial charge in [0.1, 0.15) is 6.10 Å². The van der Waals surface area contributed by atoms with Gasteiger partial charge in [0.05, 0.1) is 6.10 Å². The number of nitrogens with one attached hydrogen (secondary N) is 1. The van der Waals surface area contributed by atoms with Crippen LogP contribution in [0.3, 0.4) is 0 Å². The number of fused-ring (bicyclic) bond motifs is 1. The van der Waals surface area contributed by atoms with E-state index in [1.807, 2.05) is 0 Å². The number of benzene rings is 1. The van der Waals surface area contributed by atoms with Crippen LogP contribution in [0.4, 0.5) is 0 Å². The minimum atomic E-state index is -0.233. The molecule has 0 bridgehead atoms. The SMILES string of the molecule is O=C(NCC1CC1)[C@H]1C[C@H]2[C@H](CCN2CCc2ccccc2)O1. The smallest absolute Gasteiger partial charge is 0.249 e. The van der Waals surface area contributed by atoms with Crippen molar-refractivity contribution in [2.75, 3.05) is 19.6 Å². The van der Waals surface area contributed by atoms with Gasteiger partial charge in [-0.25, -0.2) is 0 Å². The lowest BCUT2D eigenvalue weighted by Gasteiger charge is -2.22. The number of hydrogen-bond donors (Lipinski definition) is 1. The van der Waals surface area contributed by atoms with Gasteiger partial charge in [-0.15, -0.1) is 0 Å². The lowest BCUT2D eigenvalue weighted by atomic mass is 10.1. The van der Waals surface area contributed by atoms with Crippen LogP contribution in [-0.2, 0) is 16.0 Å². The van der Waals surface area contributed by atoms with Gasteiger partial charge in [-0.3, -0.25) is 9.69 Å². The molecule has 124 valence electrons. The van der Waals surface area contributed by atoms with Crippen LogP contribution >= 0.6 is 0 Å². The van der Waals surface area contributed by atoms with Crippen molar-refractivity contribution in [1.29, 1.82) is 0 Å². The van der Waals surface area contributed by atoms with Gasteiger partial charge in [0.15, 0.2) is 0 Å². The van der Waals surface area contributed by atoms with E-state index in [1.165, 1.54) is 18.4 Å². The molecular weight excluding hydrogens is 288 g/mol. The number of ether oxygens (including phenoxy) is 1. The Bertz CT molecular complexity index is 544. The topological polar surface area (TPSA) is 41.6 Å². The number of hydrogen-bond acceptors (Lipinski definition) is 3. The quantitative estimate of drug-likeness (QED) is 0.873. The monoisotopic (exact) mass is 314 g/mol. The first-order chi connectivity index (χ1) is 11.3. The molecule has 4 heteroatoms. The molecule has 1 amide bonds. The second-order valence-electron chi connectivity index (χ2n) is 7.21. The molecule has 2 heterocycles. The van der Waals surface area contributed by atoms with E-state index in [0.717, 1.165) is 44.8 Å². The highest BCUT2D eigenvalue weighted by atomic mass is 16.5. The first-order valence-electron chi connectivity index (χ1n) is 9.01. The summed E-state index contributed by atoms with van der Waals surface area (Å²) < 4.78 is 6.03. The molecule has 0 radical (unpaired) electrons. The number of carbonyl (C=O) groups is 1. The maximum atomic E-state index is 12.2. The number of nitrogens with zero attached hydrogens (tertiary/aromatic N) is 1. The molecule has 1 aliphatic carbocycles. The van der Waals surface area contributed by atoms with E-state index in [0.29, 0.717) is 6.04 Å². The van der Waals surface area contributed by atoms with Crippen LogP contribution in [0.15, 0.2) is 30.3 Å². The third kappa shape index (κ3) is 3.59. The van der Waals surface area contributed by atoms with Gasteiger partial charge >= 0.3 is 0 Å². The van der Waals surface area contributed by atoms with Gasteiger partial charge in [0.2, 0.25) is 5.91 Å². The first-order valence-corrected chi connectivity index (χ1v) is 9.01. The van der Waals surface area contributed by atoms with Crippen molar-refractivity contribution in [3.8, 4) is 0 Å². The van der Waals surface area contributed by atoms with E-state index in [4.69, 9.17) is 4.74 Å². The first kappa shape index (κ1) is 15.2. The van der Waals surface area contributed by atoms with E-state index in [2.05, 4.69) is 40.5 Å². The van der Waals surface area contributed by atoms with Gasteiger partial charge in [-0.2, -0.15) is 0 Å². The number of rotatable bonds is 6. The predicted octanol–water partition coefficient (Wildman–Crippen LogP) is 1.99. The summed E-state index contributed by atoms with van der Waals surface area (Å²) >= 11 is 0. The summed E-state index contributed by atoms with van der Waals surface area (Å²) in [4.78, 5) is 14.8. The summed E-state index contributed by atoms with van der Waals surface area (Å²) in [5.41, 5.74) is 1.38. The Kier molecular flexibility index (Phi) is 4.36. The largest absolute Gasteiger partial charge is 0.363 e. The minimum Gasteiger partial charge on any atom is -0.363 e. The highest BCUT2D eigenvalue weighted by molar-refractivity contribution is 5.81. The zero-order valence-electron chi connectivity index (χ0n) is 13.6. The molecule has 0 aromatic heterocycles. The fraction of sp³-hybridized carbons (Fsp3) is 0.632. The zero-order chi connectivity index (χ0) is 15.6. The lowest BCUT2D eigenvalue weighted by molar-refractivity contribution is -0.132. The number of likely N-dealkylation sites (tertiary alicyclic amines) is 1. The average molecular weight is 314 g/mol. The predicted molar refractivity (Wildman–Crippen MR) is 89.1 cm³/mol. The third-order valence-electron chi connectivity index (χ3n) is 5.48. The van der Waals surface area contributed by atoms with E-state index < -0.39 is 0 Å². The van der Waals surface area contributed by atoms with E-state index >= 15 is 0 Å². The van der Waals surface area contributed by atoms with E-state index in [-0.39, 0.29) is 18.1 Å². The van der Waals surface area contributed by atoms with Crippen LogP contribution in [0.1, 0.15) is 31.2 Å². The van der Waals surface area contributed by atoms with Crippen LogP contribution in [0.25, 0.3) is 0 Å². The van der Waals surface area contributed by atoms with Gasteiger partial charge in [-0.05, 0) is 37.2 Å². The second kappa shape index (κ2) is 6.62. The van der Waals surface area contributed by atoms with Crippen molar-refractivity contribution in [3.05, 3.63) is 35.9 Å². The van der Waals surface area contributed by atoms with E-state index in [9.17, 15) is 4.79 Å². The fourth-order valence-corrected chi connectivity index (χ4v) is 3.88. The standard InChI is InChI=1S/C19H26N2O2/c22-19(20-13-15-6-7-15)18-12-16-17(23-18)9-11-21(16)10-8-14-4-2-1-3-5-14/h1-5,15-18H,6-13H2,(H,20,22)/t16-,17-,18+/m0/s1. The molecule has 1 aromatic carbocycles. The summed E-state index contributed by atoms with van der Waals surface area (Å²) in [6, 6.07) is 11.1. The van der Waals surface area contributed by atoms with E-state index in [1.54, 1.807) is 0 Å². The van der Waals surface area contributed by atoms with Crippen molar-refractivity contribution in [3.63, 3.8) is 0 Å². The summed E-state index contributed by atoms with van der Waals surface area (Å²) in [6.45, 7) is 3.00. The van der Waals surface area contributed by atoms with Crippen LogP contribution in [0.5, 0.6) is 0 Å². The van der Waals surface area contributed by atoms with Crippen molar-refractivity contribution >= 4 is 5.91 Å². The summed E-state index contributed by atoms with van der Waals surface area (Å²) in [6.07, 6.45) is 5.55.